The molecule has 1 aliphatic rings. The lowest BCUT2D eigenvalue weighted by Crippen LogP contribution is -3.00. The van der Waals surface area contributed by atoms with Crippen LogP contribution in [-0.2, 0) is 12.8 Å². The molecule has 0 N–H and O–H groups in total. The largest absolute Gasteiger partial charge is 1.00 e. The maximum Gasteiger partial charge on any atom is 0.267 e. The Morgan fingerprint density at radius 2 is 1.57 bits per heavy atom. The Balaban J connectivity index is 0.00000192. The van der Waals surface area contributed by atoms with Gasteiger partial charge in [0.2, 0.25) is 0 Å². The Morgan fingerprint density at radius 1 is 0.857 bits per heavy atom. The third kappa shape index (κ3) is 3.25. The zero-order chi connectivity index (χ0) is 18.4. The minimum absolute atomic E-state index is 0. The van der Waals surface area contributed by atoms with Crippen LogP contribution >= 0.6 is 15.9 Å². The first kappa shape index (κ1) is 19.2. The van der Waals surface area contributed by atoms with Gasteiger partial charge in [-0.25, -0.2) is 0 Å². The number of para-hydroxylation sites is 1. The summed E-state index contributed by atoms with van der Waals surface area (Å²) in [6, 6.07) is 26.1. The van der Waals surface area contributed by atoms with Gasteiger partial charge >= 0.3 is 0 Å². The SMILES string of the molecule is Cc1ccc(-n2cc(-c3ccc(Br)cc3)[n+]3c2CCc2ccccc2-3)cc1.[Br-]. The van der Waals surface area contributed by atoms with Gasteiger partial charge in [0, 0.05) is 10.0 Å². The maximum atomic E-state index is 3.56. The number of halogens is 2. The van der Waals surface area contributed by atoms with Crippen LogP contribution in [0, 0.1) is 6.92 Å². The number of benzene rings is 3. The Morgan fingerprint density at radius 3 is 2.32 bits per heavy atom. The number of aromatic nitrogens is 2. The van der Waals surface area contributed by atoms with Crippen molar-refractivity contribution in [3.8, 4) is 22.6 Å². The molecule has 5 rings (SSSR count). The van der Waals surface area contributed by atoms with E-state index in [0.717, 1.165) is 17.3 Å². The van der Waals surface area contributed by atoms with E-state index < -0.39 is 0 Å². The smallest absolute Gasteiger partial charge is 0.267 e. The number of nitrogens with zero attached hydrogens (tertiary/aromatic N) is 2. The highest BCUT2D eigenvalue weighted by atomic mass is 79.9. The summed E-state index contributed by atoms with van der Waals surface area (Å²) in [6.45, 7) is 2.13. The van der Waals surface area contributed by atoms with Crippen molar-refractivity contribution in [1.82, 2.24) is 4.57 Å². The molecule has 0 saturated carbocycles. The van der Waals surface area contributed by atoms with Crippen LogP contribution in [0.5, 0.6) is 0 Å². The van der Waals surface area contributed by atoms with Crippen LogP contribution in [0.1, 0.15) is 17.0 Å². The second-order valence-corrected chi connectivity index (χ2v) is 8.02. The van der Waals surface area contributed by atoms with Crippen molar-refractivity contribution < 1.29 is 21.5 Å². The molecule has 4 aromatic rings. The molecule has 28 heavy (non-hydrogen) atoms. The maximum absolute atomic E-state index is 3.56. The Labute approximate surface area is 184 Å². The van der Waals surface area contributed by atoms with Crippen LogP contribution in [-0.4, -0.2) is 4.57 Å². The number of hydrogen-bond acceptors (Lipinski definition) is 0. The Bertz CT molecular complexity index is 1130. The van der Waals surface area contributed by atoms with Crippen molar-refractivity contribution in [1.29, 1.82) is 0 Å². The van der Waals surface area contributed by atoms with E-state index in [0.29, 0.717) is 0 Å². The lowest BCUT2D eigenvalue weighted by molar-refractivity contribution is -0.595. The van der Waals surface area contributed by atoms with E-state index in [9.17, 15) is 0 Å². The molecule has 0 aliphatic carbocycles. The van der Waals surface area contributed by atoms with Gasteiger partial charge in [-0.2, -0.15) is 9.13 Å². The molecule has 2 nitrogen and oxygen atoms in total. The second-order valence-electron chi connectivity index (χ2n) is 7.11. The van der Waals surface area contributed by atoms with Crippen LogP contribution < -0.4 is 21.5 Å². The van der Waals surface area contributed by atoms with Crippen molar-refractivity contribution in [3.05, 3.63) is 100 Å². The monoisotopic (exact) mass is 494 g/mol. The van der Waals surface area contributed by atoms with Gasteiger partial charge in [0.15, 0.2) is 5.69 Å². The van der Waals surface area contributed by atoms with Gasteiger partial charge in [0.25, 0.3) is 5.82 Å². The fourth-order valence-corrected chi connectivity index (χ4v) is 4.21. The van der Waals surface area contributed by atoms with E-state index in [4.69, 9.17) is 0 Å². The molecule has 0 amide bonds. The first-order valence-corrected chi connectivity index (χ1v) is 10.1. The van der Waals surface area contributed by atoms with Gasteiger partial charge in [-0.15, -0.1) is 0 Å². The predicted octanol–water partition coefficient (Wildman–Crippen LogP) is 2.59. The molecule has 1 aliphatic heterocycles. The molecule has 3 aromatic carbocycles. The predicted molar refractivity (Wildman–Crippen MR) is 113 cm³/mol. The standard InChI is InChI=1S/C24H20BrN2.BrH/c1-17-6-13-21(14-7-17)26-16-23(19-8-11-20(25)12-9-19)27-22-5-3-2-4-18(22)10-15-24(26)27;/h2-9,11-14,16H,10,15H2,1H3;1H/q+1;/p-1. The molecule has 0 fully saturated rings. The fraction of sp³-hybridized carbons (Fsp3) is 0.125. The molecule has 0 saturated heterocycles. The van der Waals surface area contributed by atoms with Gasteiger partial charge in [-0.05, 0) is 61.4 Å². The molecular weight excluding hydrogens is 476 g/mol. The van der Waals surface area contributed by atoms with E-state index in [1.165, 1.54) is 39.6 Å². The Hall–Kier alpha value is -2.17. The van der Waals surface area contributed by atoms with Crippen molar-refractivity contribution in [2.24, 2.45) is 0 Å². The average Bonchev–Trinajstić information content (AvgIpc) is 3.09. The van der Waals surface area contributed by atoms with Gasteiger partial charge in [-0.3, -0.25) is 0 Å². The van der Waals surface area contributed by atoms with Crippen LogP contribution in [0.3, 0.4) is 0 Å². The zero-order valence-corrected chi connectivity index (χ0v) is 18.7. The van der Waals surface area contributed by atoms with E-state index in [-0.39, 0.29) is 17.0 Å². The molecule has 2 heterocycles. The zero-order valence-electron chi connectivity index (χ0n) is 15.6. The molecule has 140 valence electrons. The fourth-order valence-electron chi connectivity index (χ4n) is 3.94. The molecule has 0 radical (unpaired) electrons. The molecule has 0 bridgehead atoms. The molecule has 0 atom stereocenters. The van der Waals surface area contributed by atoms with Crippen LogP contribution in [0.2, 0.25) is 0 Å². The molecule has 0 spiro atoms. The van der Waals surface area contributed by atoms with Crippen LogP contribution in [0.25, 0.3) is 22.6 Å². The second kappa shape index (κ2) is 7.69. The van der Waals surface area contributed by atoms with Crippen LogP contribution in [0.4, 0.5) is 0 Å². The van der Waals surface area contributed by atoms with Crippen LogP contribution in [0.15, 0.2) is 83.5 Å². The third-order valence-corrected chi connectivity index (χ3v) is 5.86. The van der Waals surface area contributed by atoms with Crippen molar-refractivity contribution in [2.75, 3.05) is 0 Å². The highest BCUT2D eigenvalue weighted by Gasteiger charge is 2.31. The van der Waals surface area contributed by atoms with Gasteiger partial charge in [0.05, 0.1) is 6.42 Å². The normalized spacial score (nSPS) is 12.1. The number of rotatable bonds is 2. The quantitative estimate of drug-likeness (QED) is 0.378. The highest BCUT2D eigenvalue weighted by molar-refractivity contribution is 9.10. The molecular formula is C24H20Br2N2. The van der Waals surface area contributed by atoms with E-state index in [1.807, 2.05) is 0 Å². The Kier molecular flexibility index (Phi) is 5.26. The van der Waals surface area contributed by atoms with E-state index >= 15 is 0 Å². The highest BCUT2D eigenvalue weighted by Crippen LogP contribution is 2.28. The van der Waals surface area contributed by atoms with Crippen molar-refractivity contribution in [3.63, 3.8) is 0 Å². The molecule has 1 aromatic heterocycles. The third-order valence-electron chi connectivity index (χ3n) is 5.33. The van der Waals surface area contributed by atoms with Gasteiger partial charge in [-0.1, -0.05) is 51.8 Å². The summed E-state index contributed by atoms with van der Waals surface area (Å²) in [5.41, 5.74) is 7.66. The first-order chi connectivity index (χ1) is 13.2. The summed E-state index contributed by atoms with van der Waals surface area (Å²) >= 11 is 3.56. The number of fused-ring (bicyclic) bond motifs is 3. The first-order valence-electron chi connectivity index (χ1n) is 9.28. The minimum Gasteiger partial charge on any atom is -1.00 e. The lowest BCUT2D eigenvalue weighted by Gasteiger charge is -2.15. The number of aryl methyl sites for hydroxylation is 2. The summed E-state index contributed by atoms with van der Waals surface area (Å²) in [4.78, 5) is 0. The summed E-state index contributed by atoms with van der Waals surface area (Å²) in [5.74, 6) is 1.33. The topological polar surface area (TPSA) is 8.81 Å². The summed E-state index contributed by atoms with van der Waals surface area (Å²) in [7, 11) is 0. The van der Waals surface area contributed by atoms with Gasteiger partial charge < -0.3 is 17.0 Å². The number of hydrogen-bond donors (Lipinski definition) is 0. The van der Waals surface area contributed by atoms with Crippen molar-refractivity contribution in [2.45, 2.75) is 19.8 Å². The summed E-state index contributed by atoms with van der Waals surface area (Å²) in [5, 5.41) is 0. The van der Waals surface area contributed by atoms with Crippen molar-refractivity contribution >= 4 is 15.9 Å². The summed E-state index contributed by atoms with van der Waals surface area (Å²) < 4.78 is 5.89. The van der Waals surface area contributed by atoms with E-state index in [2.05, 4.69) is 111 Å². The lowest BCUT2D eigenvalue weighted by atomic mass is 10.0. The molecule has 4 heteroatoms. The van der Waals surface area contributed by atoms with Gasteiger partial charge in [0.1, 0.15) is 17.6 Å². The summed E-state index contributed by atoms with van der Waals surface area (Å²) in [6.07, 6.45) is 4.39. The minimum atomic E-state index is 0. The molecule has 0 unspecified atom stereocenters. The average molecular weight is 496 g/mol. The number of imidazole rings is 1. The van der Waals surface area contributed by atoms with E-state index in [1.54, 1.807) is 0 Å².